The molecule has 0 aliphatic rings. The van der Waals surface area contributed by atoms with Gasteiger partial charge in [0.05, 0.1) is 17.3 Å². The van der Waals surface area contributed by atoms with Crippen LogP contribution in [0.1, 0.15) is 6.92 Å². The summed E-state index contributed by atoms with van der Waals surface area (Å²) in [7, 11) is 0. The number of nitrogens with one attached hydrogen (secondary N) is 2. The van der Waals surface area contributed by atoms with Crippen molar-refractivity contribution in [3.8, 4) is 5.75 Å². The van der Waals surface area contributed by atoms with E-state index in [1.54, 1.807) is 6.07 Å². The summed E-state index contributed by atoms with van der Waals surface area (Å²) in [6, 6.07) is 11.4. The number of anilines is 1. The van der Waals surface area contributed by atoms with Gasteiger partial charge < -0.3 is 15.0 Å². The highest BCUT2D eigenvalue weighted by molar-refractivity contribution is 7.99. The number of H-pyrrole nitrogens is 1. The van der Waals surface area contributed by atoms with E-state index in [1.807, 2.05) is 25.1 Å². The Balaban J connectivity index is 1.46. The SMILES string of the molecule is CCOc1ccc2[nH]c3nc(SCC(=O)Nc4cccc([N+](=O)[O-])c4)nnc3c2c1. The summed E-state index contributed by atoms with van der Waals surface area (Å²) in [5.74, 6) is 0.441. The number of nitrogens with zero attached hydrogens (tertiary/aromatic N) is 4. The fourth-order valence-electron chi connectivity index (χ4n) is 2.88. The van der Waals surface area contributed by atoms with Gasteiger partial charge in [-0.3, -0.25) is 14.9 Å². The molecule has 0 saturated heterocycles. The summed E-state index contributed by atoms with van der Waals surface area (Å²) in [5, 5.41) is 23.0. The van der Waals surface area contributed by atoms with E-state index in [1.165, 1.54) is 18.2 Å². The van der Waals surface area contributed by atoms with Crippen molar-refractivity contribution < 1.29 is 14.5 Å². The zero-order valence-corrected chi connectivity index (χ0v) is 16.6. The second-order valence-electron chi connectivity index (χ2n) is 6.20. The molecule has 11 heteroatoms. The molecule has 2 N–H and O–H groups in total. The van der Waals surface area contributed by atoms with E-state index in [9.17, 15) is 14.9 Å². The lowest BCUT2D eigenvalue weighted by Gasteiger charge is -2.04. The average molecular weight is 424 g/mol. The number of ether oxygens (including phenoxy) is 1. The Morgan fingerprint density at radius 1 is 1.27 bits per heavy atom. The molecule has 2 heterocycles. The predicted octanol–water partition coefficient (Wildman–Crippen LogP) is 3.54. The third-order valence-corrected chi connectivity index (χ3v) is 4.99. The topological polar surface area (TPSA) is 136 Å². The lowest BCUT2D eigenvalue weighted by molar-refractivity contribution is -0.384. The molecule has 2 aromatic carbocycles. The van der Waals surface area contributed by atoms with Crippen LogP contribution in [0.15, 0.2) is 47.6 Å². The normalized spacial score (nSPS) is 11.0. The van der Waals surface area contributed by atoms with Gasteiger partial charge in [-0.15, -0.1) is 10.2 Å². The minimum absolute atomic E-state index is 0.0323. The van der Waals surface area contributed by atoms with Crippen LogP contribution in [0.5, 0.6) is 5.75 Å². The van der Waals surface area contributed by atoms with Crippen molar-refractivity contribution in [1.29, 1.82) is 0 Å². The van der Waals surface area contributed by atoms with Gasteiger partial charge in [0, 0.05) is 28.7 Å². The van der Waals surface area contributed by atoms with E-state index < -0.39 is 4.92 Å². The molecule has 4 aromatic rings. The molecule has 152 valence electrons. The van der Waals surface area contributed by atoms with Crippen molar-refractivity contribution in [3.63, 3.8) is 0 Å². The second kappa shape index (κ2) is 8.33. The zero-order valence-electron chi connectivity index (χ0n) is 15.8. The molecule has 0 bridgehead atoms. The van der Waals surface area contributed by atoms with Gasteiger partial charge >= 0.3 is 0 Å². The van der Waals surface area contributed by atoms with Crippen LogP contribution in [-0.4, -0.2) is 43.4 Å². The summed E-state index contributed by atoms with van der Waals surface area (Å²) < 4.78 is 5.52. The minimum Gasteiger partial charge on any atom is -0.494 e. The number of non-ortho nitro benzene ring substituents is 1. The Morgan fingerprint density at radius 3 is 2.93 bits per heavy atom. The standard InChI is InChI=1S/C19H16N6O4S/c1-2-29-13-6-7-15-14(9-13)17-18(21-15)22-19(24-23-17)30-10-16(26)20-11-4-3-5-12(8-11)25(27)28/h3-9H,2,10H2,1H3,(H,20,26)(H,21,22,24). The van der Waals surface area contributed by atoms with Crippen LogP contribution < -0.4 is 10.1 Å². The van der Waals surface area contributed by atoms with Gasteiger partial charge in [-0.25, -0.2) is 4.98 Å². The van der Waals surface area contributed by atoms with Crippen molar-refractivity contribution in [2.75, 3.05) is 17.7 Å². The first-order valence-electron chi connectivity index (χ1n) is 8.99. The van der Waals surface area contributed by atoms with E-state index in [2.05, 4.69) is 25.5 Å². The van der Waals surface area contributed by atoms with Crippen LogP contribution >= 0.6 is 11.8 Å². The molecule has 10 nitrogen and oxygen atoms in total. The maximum atomic E-state index is 12.2. The van der Waals surface area contributed by atoms with Crippen LogP contribution in [0.3, 0.4) is 0 Å². The molecule has 0 aliphatic heterocycles. The van der Waals surface area contributed by atoms with Crippen LogP contribution in [0.4, 0.5) is 11.4 Å². The van der Waals surface area contributed by atoms with Gasteiger partial charge in [0.25, 0.3) is 5.69 Å². The highest BCUT2D eigenvalue weighted by Crippen LogP contribution is 2.27. The summed E-state index contributed by atoms with van der Waals surface area (Å²) in [6.07, 6.45) is 0. The quantitative estimate of drug-likeness (QED) is 0.261. The van der Waals surface area contributed by atoms with Crippen molar-refractivity contribution in [1.82, 2.24) is 20.2 Å². The number of amides is 1. The van der Waals surface area contributed by atoms with Crippen molar-refractivity contribution in [3.05, 3.63) is 52.6 Å². The number of rotatable bonds is 7. The third-order valence-electron chi connectivity index (χ3n) is 4.15. The highest BCUT2D eigenvalue weighted by Gasteiger charge is 2.13. The van der Waals surface area contributed by atoms with Crippen molar-refractivity contribution >= 4 is 51.1 Å². The van der Waals surface area contributed by atoms with Crippen LogP contribution in [0.25, 0.3) is 22.1 Å². The summed E-state index contributed by atoms with van der Waals surface area (Å²) in [4.78, 5) is 30.1. The number of hydrogen-bond acceptors (Lipinski definition) is 8. The number of fused-ring (bicyclic) bond motifs is 3. The number of aromatic nitrogens is 4. The van der Waals surface area contributed by atoms with E-state index in [0.717, 1.165) is 28.4 Å². The van der Waals surface area contributed by atoms with Gasteiger partial charge in [-0.05, 0) is 31.2 Å². The number of nitro groups is 1. The Kier molecular flexibility index (Phi) is 5.44. The van der Waals surface area contributed by atoms with E-state index >= 15 is 0 Å². The maximum Gasteiger partial charge on any atom is 0.271 e. The highest BCUT2D eigenvalue weighted by atomic mass is 32.2. The Bertz CT molecular complexity index is 1260. The number of hydrogen-bond donors (Lipinski definition) is 2. The fourth-order valence-corrected chi connectivity index (χ4v) is 3.46. The minimum atomic E-state index is -0.517. The van der Waals surface area contributed by atoms with Gasteiger partial charge in [-0.1, -0.05) is 17.8 Å². The molecule has 0 radical (unpaired) electrons. The van der Waals surface area contributed by atoms with Gasteiger partial charge in [0.2, 0.25) is 11.1 Å². The number of thioether (sulfide) groups is 1. The Hall–Kier alpha value is -3.73. The smallest absolute Gasteiger partial charge is 0.271 e. The molecule has 0 spiro atoms. The molecule has 30 heavy (non-hydrogen) atoms. The molecule has 0 saturated carbocycles. The summed E-state index contributed by atoms with van der Waals surface area (Å²) in [5.41, 5.74) is 2.31. The van der Waals surface area contributed by atoms with Gasteiger partial charge in [0.15, 0.2) is 5.65 Å². The van der Waals surface area contributed by atoms with E-state index in [-0.39, 0.29) is 17.3 Å². The Labute approximate surface area is 174 Å². The van der Waals surface area contributed by atoms with Crippen LogP contribution in [0, 0.1) is 10.1 Å². The monoisotopic (exact) mass is 424 g/mol. The van der Waals surface area contributed by atoms with Crippen LogP contribution in [-0.2, 0) is 4.79 Å². The largest absolute Gasteiger partial charge is 0.494 e. The zero-order chi connectivity index (χ0) is 21.1. The van der Waals surface area contributed by atoms with Crippen molar-refractivity contribution in [2.24, 2.45) is 0 Å². The molecule has 0 fully saturated rings. The fraction of sp³-hybridized carbons (Fsp3) is 0.158. The number of carbonyl (C=O) groups is 1. The number of aromatic amines is 1. The average Bonchev–Trinajstić information content (AvgIpc) is 3.10. The number of benzene rings is 2. The molecule has 1 amide bonds. The molecule has 0 aliphatic carbocycles. The lowest BCUT2D eigenvalue weighted by Crippen LogP contribution is -2.14. The maximum absolute atomic E-state index is 12.2. The number of carbonyl (C=O) groups excluding carboxylic acids is 1. The van der Waals surface area contributed by atoms with E-state index in [0.29, 0.717) is 28.6 Å². The predicted molar refractivity (Wildman–Crippen MR) is 113 cm³/mol. The molecule has 0 unspecified atom stereocenters. The lowest BCUT2D eigenvalue weighted by atomic mass is 10.2. The summed E-state index contributed by atoms with van der Waals surface area (Å²) >= 11 is 1.12. The van der Waals surface area contributed by atoms with Crippen molar-refractivity contribution in [2.45, 2.75) is 12.1 Å². The molecule has 4 rings (SSSR count). The first-order chi connectivity index (χ1) is 14.5. The van der Waals surface area contributed by atoms with Gasteiger partial charge in [0.1, 0.15) is 11.3 Å². The third kappa shape index (κ3) is 4.15. The first kappa shape index (κ1) is 19.6. The molecular weight excluding hydrogens is 408 g/mol. The molecule has 2 aromatic heterocycles. The summed E-state index contributed by atoms with van der Waals surface area (Å²) in [6.45, 7) is 2.48. The Morgan fingerprint density at radius 2 is 2.13 bits per heavy atom. The molecule has 0 atom stereocenters. The second-order valence-corrected chi connectivity index (χ2v) is 7.14. The molecular formula is C19H16N6O4S. The number of nitro benzene ring substituents is 1. The van der Waals surface area contributed by atoms with Gasteiger partial charge in [-0.2, -0.15) is 0 Å². The first-order valence-corrected chi connectivity index (χ1v) is 9.98. The van der Waals surface area contributed by atoms with Crippen LogP contribution in [0.2, 0.25) is 0 Å². The van der Waals surface area contributed by atoms with E-state index in [4.69, 9.17) is 4.74 Å².